The topological polar surface area (TPSA) is 55.1 Å². The molecule has 1 aromatic rings. The molecule has 6 heteroatoms. The molecule has 1 rings (SSSR count). The molecule has 0 fully saturated rings. The van der Waals surface area contributed by atoms with Gasteiger partial charge in [-0.25, -0.2) is 4.39 Å². The van der Waals surface area contributed by atoms with Crippen LogP contribution in [0.1, 0.15) is 6.92 Å². The molecular weight excluding hydrogens is 254 g/mol. The largest absolute Gasteiger partial charge is 0.382 e. The summed E-state index contributed by atoms with van der Waals surface area (Å²) in [5.74, 6) is -1.30. The number of benzene rings is 1. The molecule has 0 radical (unpaired) electrons. The normalized spacial score (nSPS) is 12.2. The van der Waals surface area contributed by atoms with Crippen molar-refractivity contribution >= 4 is 34.8 Å². The van der Waals surface area contributed by atoms with Gasteiger partial charge in [0.1, 0.15) is 5.82 Å². The molecule has 1 aromatic carbocycles. The van der Waals surface area contributed by atoms with Crippen LogP contribution in [0.5, 0.6) is 0 Å². The summed E-state index contributed by atoms with van der Waals surface area (Å²) in [5.41, 5.74) is 5.50. The van der Waals surface area contributed by atoms with Gasteiger partial charge in [-0.15, -0.1) is 0 Å². The van der Waals surface area contributed by atoms with Gasteiger partial charge in [0.15, 0.2) is 0 Å². The molecule has 0 saturated carbocycles. The van der Waals surface area contributed by atoms with E-state index in [0.29, 0.717) is 12.2 Å². The van der Waals surface area contributed by atoms with E-state index in [1.165, 1.54) is 0 Å². The first kappa shape index (κ1) is 13.1. The number of nitrogens with one attached hydrogen (secondary N) is 1. The molecule has 1 amide bonds. The lowest BCUT2D eigenvalue weighted by Gasteiger charge is -2.13. The Balaban J connectivity index is 2.78. The maximum absolute atomic E-state index is 12.9. The summed E-state index contributed by atoms with van der Waals surface area (Å²) >= 11 is 11.6. The molecule has 0 bridgehead atoms. The van der Waals surface area contributed by atoms with Crippen molar-refractivity contribution in [3.63, 3.8) is 0 Å². The van der Waals surface area contributed by atoms with Gasteiger partial charge in [-0.2, -0.15) is 0 Å². The Morgan fingerprint density at radius 1 is 1.50 bits per heavy atom. The van der Waals surface area contributed by atoms with Crippen LogP contribution in [0.3, 0.4) is 0 Å². The van der Waals surface area contributed by atoms with E-state index in [0.717, 1.165) is 12.1 Å². The fourth-order valence-corrected chi connectivity index (χ4v) is 1.66. The number of halogens is 3. The number of anilines is 1. The Bertz CT molecular complexity index is 389. The zero-order valence-corrected chi connectivity index (χ0v) is 10.1. The van der Waals surface area contributed by atoms with E-state index >= 15 is 0 Å². The molecule has 0 heterocycles. The first-order valence-corrected chi connectivity index (χ1v) is 5.35. The molecule has 3 N–H and O–H groups in total. The maximum atomic E-state index is 12.9. The van der Waals surface area contributed by atoms with Crippen molar-refractivity contribution in [1.29, 1.82) is 0 Å². The van der Waals surface area contributed by atoms with Crippen LogP contribution in [0.15, 0.2) is 12.1 Å². The van der Waals surface area contributed by atoms with E-state index in [4.69, 9.17) is 28.9 Å². The van der Waals surface area contributed by atoms with E-state index in [1.54, 1.807) is 6.92 Å². The van der Waals surface area contributed by atoms with Crippen molar-refractivity contribution in [2.75, 3.05) is 11.9 Å². The predicted octanol–water partition coefficient (Wildman–Crippen LogP) is 2.67. The molecule has 16 heavy (non-hydrogen) atoms. The van der Waals surface area contributed by atoms with Gasteiger partial charge < -0.3 is 11.1 Å². The summed E-state index contributed by atoms with van der Waals surface area (Å²) in [6.07, 6.45) is 0. The fourth-order valence-electron chi connectivity index (χ4n) is 1.07. The highest BCUT2D eigenvalue weighted by molar-refractivity contribution is 6.39. The van der Waals surface area contributed by atoms with Crippen LogP contribution in [0.4, 0.5) is 10.1 Å². The van der Waals surface area contributed by atoms with E-state index in [9.17, 15) is 9.18 Å². The van der Waals surface area contributed by atoms with Crippen LogP contribution in [-0.4, -0.2) is 12.5 Å². The van der Waals surface area contributed by atoms with Crippen molar-refractivity contribution in [2.45, 2.75) is 6.92 Å². The van der Waals surface area contributed by atoms with Crippen LogP contribution in [-0.2, 0) is 4.79 Å². The van der Waals surface area contributed by atoms with Gasteiger partial charge in [0, 0.05) is 6.54 Å². The number of rotatable bonds is 4. The van der Waals surface area contributed by atoms with Crippen LogP contribution < -0.4 is 11.1 Å². The summed E-state index contributed by atoms with van der Waals surface area (Å²) in [6.45, 7) is 1.96. The molecule has 1 unspecified atom stereocenters. The molecule has 88 valence electrons. The number of hydrogen-bond acceptors (Lipinski definition) is 2. The highest BCUT2D eigenvalue weighted by atomic mass is 35.5. The molecule has 1 atom stereocenters. The average Bonchev–Trinajstić information content (AvgIpc) is 2.15. The molecule has 0 aromatic heterocycles. The van der Waals surface area contributed by atoms with Gasteiger partial charge in [-0.05, 0) is 12.1 Å². The number of carbonyl (C=O) groups excluding carboxylic acids is 1. The molecule has 0 spiro atoms. The lowest BCUT2D eigenvalue weighted by Crippen LogP contribution is -2.26. The number of carbonyl (C=O) groups is 1. The number of amides is 1. The summed E-state index contributed by atoms with van der Waals surface area (Å²) in [6, 6.07) is 2.29. The Hall–Kier alpha value is -1.00. The molecule has 0 saturated heterocycles. The van der Waals surface area contributed by atoms with Crippen molar-refractivity contribution in [3.05, 3.63) is 28.0 Å². The summed E-state index contributed by atoms with van der Waals surface area (Å²) in [4.78, 5) is 10.8. The summed E-state index contributed by atoms with van der Waals surface area (Å²) in [7, 11) is 0. The van der Waals surface area contributed by atoms with Crippen LogP contribution in [0.25, 0.3) is 0 Å². The third-order valence-corrected chi connectivity index (χ3v) is 2.67. The number of primary amides is 1. The first-order chi connectivity index (χ1) is 7.41. The second kappa shape index (κ2) is 5.37. The highest BCUT2D eigenvalue weighted by Gasteiger charge is 2.12. The van der Waals surface area contributed by atoms with Crippen LogP contribution in [0.2, 0.25) is 10.0 Å². The minimum absolute atomic E-state index is 0.168. The first-order valence-electron chi connectivity index (χ1n) is 4.59. The number of hydrogen-bond donors (Lipinski definition) is 2. The molecule has 0 aliphatic carbocycles. The van der Waals surface area contributed by atoms with Gasteiger partial charge in [0.25, 0.3) is 0 Å². The number of nitrogens with two attached hydrogens (primary N) is 1. The van der Waals surface area contributed by atoms with E-state index < -0.39 is 11.7 Å². The quantitative estimate of drug-likeness (QED) is 0.879. The van der Waals surface area contributed by atoms with Gasteiger partial charge in [-0.3, -0.25) is 4.79 Å². The SMILES string of the molecule is CC(CNc1c(Cl)cc(F)cc1Cl)C(N)=O. The minimum atomic E-state index is -0.511. The lowest BCUT2D eigenvalue weighted by atomic mass is 10.1. The Labute approximate surface area is 103 Å². The Kier molecular flexibility index (Phi) is 4.38. The van der Waals surface area contributed by atoms with Crippen molar-refractivity contribution in [1.82, 2.24) is 0 Å². The smallest absolute Gasteiger partial charge is 0.222 e. The zero-order valence-electron chi connectivity index (χ0n) is 8.56. The van der Waals surface area contributed by atoms with Gasteiger partial charge in [-0.1, -0.05) is 30.1 Å². The van der Waals surface area contributed by atoms with Crippen LogP contribution in [0, 0.1) is 11.7 Å². The van der Waals surface area contributed by atoms with Gasteiger partial charge in [0.05, 0.1) is 21.7 Å². The minimum Gasteiger partial charge on any atom is -0.382 e. The van der Waals surface area contributed by atoms with Crippen molar-refractivity contribution in [2.24, 2.45) is 11.7 Å². The van der Waals surface area contributed by atoms with Crippen molar-refractivity contribution in [3.8, 4) is 0 Å². The predicted molar refractivity (Wildman–Crippen MR) is 63.3 cm³/mol. The molecular formula is C10H11Cl2FN2O. The van der Waals surface area contributed by atoms with Crippen LogP contribution >= 0.6 is 23.2 Å². The Morgan fingerprint density at radius 2 is 2.00 bits per heavy atom. The Morgan fingerprint density at radius 3 is 2.44 bits per heavy atom. The standard InChI is InChI=1S/C10H11Cl2FN2O/c1-5(10(14)16)4-15-9-7(11)2-6(13)3-8(9)12/h2-3,5,15H,4H2,1H3,(H2,14,16). The van der Waals surface area contributed by atoms with Gasteiger partial charge >= 0.3 is 0 Å². The molecule has 0 aliphatic heterocycles. The second-order valence-corrected chi connectivity index (χ2v) is 4.24. The summed E-state index contributed by atoms with van der Waals surface area (Å²) in [5, 5.41) is 3.19. The zero-order chi connectivity index (χ0) is 12.3. The van der Waals surface area contributed by atoms with Crippen molar-refractivity contribution < 1.29 is 9.18 Å². The molecule has 3 nitrogen and oxygen atoms in total. The maximum Gasteiger partial charge on any atom is 0.222 e. The third-order valence-electron chi connectivity index (χ3n) is 2.08. The van der Waals surface area contributed by atoms with E-state index in [-0.39, 0.29) is 16.0 Å². The highest BCUT2D eigenvalue weighted by Crippen LogP contribution is 2.31. The average molecular weight is 265 g/mol. The van der Waals surface area contributed by atoms with E-state index in [2.05, 4.69) is 5.32 Å². The lowest BCUT2D eigenvalue weighted by molar-refractivity contribution is -0.120. The second-order valence-electron chi connectivity index (χ2n) is 3.43. The molecule has 0 aliphatic rings. The fraction of sp³-hybridized carbons (Fsp3) is 0.300. The van der Waals surface area contributed by atoms with Gasteiger partial charge in [0.2, 0.25) is 5.91 Å². The van der Waals surface area contributed by atoms with E-state index in [1.807, 2.05) is 0 Å². The summed E-state index contributed by atoms with van der Waals surface area (Å²) < 4.78 is 12.9. The monoisotopic (exact) mass is 264 g/mol. The third kappa shape index (κ3) is 3.25.